The minimum absolute atomic E-state index is 0.0204. The van der Waals surface area contributed by atoms with Crippen LogP contribution >= 0.6 is 0 Å². The Kier molecular flexibility index (Phi) is 3.99. The molecule has 5 nitrogen and oxygen atoms in total. The van der Waals surface area contributed by atoms with Gasteiger partial charge in [0.05, 0.1) is 6.54 Å². The molecule has 1 aromatic heterocycles. The quantitative estimate of drug-likeness (QED) is 0.770. The summed E-state index contributed by atoms with van der Waals surface area (Å²) in [4.78, 5) is 36.1. The van der Waals surface area contributed by atoms with Gasteiger partial charge in [0.2, 0.25) is 5.56 Å². The van der Waals surface area contributed by atoms with E-state index in [4.69, 9.17) is 0 Å². The van der Waals surface area contributed by atoms with Gasteiger partial charge in [0.1, 0.15) is 5.69 Å². The van der Waals surface area contributed by atoms with E-state index in [0.29, 0.717) is 0 Å². The normalized spacial score (nSPS) is 10.2. The first-order valence-electron chi connectivity index (χ1n) is 5.01. The van der Waals surface area contributed by atoms with Crippen LogP contribution in [0.1, 0.15) is 24.3 Å². The summed E-state index contributed by atoms with van der Waals surface area (Å²) >= 11 is 0. The number of carbonyl (C=O) groups is 2. The molecule has 86 valence electrons. The summed E-state index contributed by atoms with van der Waals surface area (Å²) < 4.78 is 0. The van der Waals surface area contributed by atoms with Crippen molar-refractivity contribution in [3.05, 3.63) is 34.2 Å². The molecule has 1 heterocycles. The predicted octanol–water partition coefficient (Wildman–Crippen LogP) is 0.330. The van der Waals surface area contributed by atoms with E-state index in [-0.39, 0.29) is 29.5 Å². The molecule has 0 aliphatic rings. The third kappa shape index (κ3) is 3.34. The zero-order valence-electron chi connectivity index (χ0n) is 9.24. The number of Topliss-reactive ketones (excluding diaryl/α,β-unsaturated/α-hetero) is 1. The highest BCUT2D eigenvalue weighted by molar-refractivity contribution is 5.95. The molecule has 0 fully saturated rings. The highest BCUT2D eigenvalue weighted by Crippen LogP contribution is 1.94. The number of hydrogen-bond donors (Lipinski definition) is 2. The Morgan fingerprint density at radius 1 is 1.38 bits per heavy atom. The van der Waals surface area contributed by atoms with Gasteiger partial charge in [-0.05, 0) is 6.07 Å². The number of amides is 1. The number of aromatic nitrogens is 1. The second-order valence-corrected chi connectivity index (χ2v) is 3.73. The van der Waals surface area contributed by atoms with E-state index in [1.54, 1.807) is 13.8 Å². The number of hydrogen-bond acceptors (Lipinski definition) is 3. The van der Waals surface area contributed by atoms with Crippen molar-refractivity contribution in [2.24, 2.45) is 5.92 Å². The van der Waals surface area contributed by atoms with E-state index >= 15 is 0 Å². The molecule has 0 aromatic carbocycles. The van der Waals surface area contributed by atoms with Crippen LogP contribution in [0.5, 0.6) is 0 Å². The van der Waals surface area contributed by atoms with E-state index in [0.717, 1.165) is 0 Å². The Hall–Kier alpha value is -1.91. The minimum atomic E-state index is -0.452. The van der Waals surface area contributed by atoms with E-state index in [2.05, 4.69) is 10.3 Å². The van der Waals surface area contributed by atoms with Gasteiger partial charge in [-0.3, -0.25) is 14.4 Å². The van der Waals surface area contributed by atoms with Crippen LogP contribution < -0.4 is 10.9 Å². The summed E-state index contributed by atoms with van der Waals surface area (Å²) in [6.45, 7) is 3.51. The minimum Gasteiger partial charge on any atom is -0.344 e. The lowest BCUT2D eigenvalue weighted by molar-refractivity contribution is -0.120. The number of nitrogens with one attached hydrogen (secondary N) is 2. The Morgan fingerprint density at radius 2 is 2.06 bits per heavy atom. The van der Waals surface area contributed by atoms with Gasteiger partial charge in [-0.1, -0.05) is 19.9 Å². The second-order valence-electron chi connectivity index (χ2n) is 3.73. The van der Waals surface area contributed by atoms with Crippen LogP contribution in [0.15, 0.2) is 23.0 Å². The van der Waals surface area contributed by atoms with Crippen molar-refractivity contribution in [2.45, 2.75) is 13.8 Å². The standard InChI is InChI=1S/C11H14N2O3/c1-7(2)9(14)6-12-11(16)8-4-3-5-10(15)13-8/h3-5,7H,6H2,1-2H3,(H,12,16)(H,13,15). The van der Waals surface area contributed by atoms with Gasteiger partial charge in [0, 0.05) is 12.0 Å². The van der Waals surface area contributed by atoms with Gasteiger partial charge >= 0.3 is 0 Å². The molecule has 0 spiro atoms. The fourth-order valence-electron chi connectivity index (χ4n) is 1.05. The van der Waals surface area contributed by atoms with Crippen molar-refractivity contribution in [3.8, 4) is 0 Å². The number of aromatic amines is 1. The summed E-state index contributed by atoms with van der Waals surface area (Å²) in [5.41, 5.74) is -0.188. The van der Waals surface area contributed by atoms with Gasteiger partial charge in [-0.2, -0.15) is 0 Å². The van der Waals surface area contributed by atoms with E-state index < -0.39 is 5.91 Å². The number of rotatable bonds is 4. The number of carbonyl (C=O) groups excluding carboxylic acids is 2. The molecule has 0 bridgehead atoms. The van der Waals surface area contributed by atoms with Crippen LogP contribution in [0.3, 0.4) is 0 Å². The average Bonchev–Trinajstić information content (AvgIpc) is 2.25. The smallest absolute Gasteiger partial charge is 0.268 e. The first-order valence-corrected chi connectivity index (χ1v) is 5.01. The Bertz CT molecular complexity index is 449. The highest BCUT2D eigenvalue weighted by atomic mass is 16.2. The first-order chi connectivity index (χ1) is 7.50. The van der Waals surface area contributed by atoms with E-state index in [1.807, 2.05) is 0 Å². The molecule has 0 aliphatic carbocycles. The van der Waals surface area contributed by atoms with Crippen LogP contribution in [0.4, 0.5) is 0 Å². The second kappa shape index (κ2) is 5.25. The first kappa shape index (κ1) is 12.2. The number of pyridine rings is 1. The molecule has 1 rings (SSSR count). The zero-order chi connectivity index (χ0) is 12.1. The van der Waals surface area contributed by atoms with E-state index in [9.17, 15) is 14.4 Å². The lowest BCUT2D eigenvalue weighted by atomic mass is 10.1. The van der Waals surface area contributed by atoms with E-state index in [1.165, 1.54) is 18.2 Å². The molecule has 1 aromatic rings. The van der Waals surface area contributed by atoms with Crippen molar-refractivity contribution >= 4 is 11.7 Å². The lowest BCUT2D eigenvalue weighted by Gasteiger charge is -2.06. The summed E-state index contributed by atoms with van der Waals surface area (Å²) in [6, 6.07) is 4.28. The molecule has 0 atom stereocenters. The number of ketones is 1. The predicted molar refractivity (Wildman–Crippen MR) is 59.2 cm³/mol. The third-order valence-corrected chi connectivity index (χ3v) is 2.08. The van der Waals surface area contributed by atoms with Crippen LogP contribution in [-0.2, 0) is 4.79 Å². The molecule has 16 heavy (non-hydrogen) atoms. The molecule has 5 heteroatoms. The monoisotopic (exact) mass is 222 g/mol. The maximum Gasteiger partial charge on any atom is 0.268 e. The van der Waals surface area contributed by atoms with Crippen LogP contribution in [0.25, 0.3) is 0 Å². The van der Waals surface area contributed by atoms with Gasteiger partial charge in [-0.25, -0.2) is 0 Å². The lowest BCUT2D eigenvalue weighted by Crippen LogP contribution is -2.32. The Balaban J connectivity index is 2.60. The molecule has 0 aliphatic heterocycles. The molecule has 0 saturated carbocycles. The molecule has 2 N–H and O–H groups in total. The maximum atomic E-state index is 11.5. The van der Waals surface area contributed by atoms with Crippen molar-refractivity contribution in [3.63, 3.8) is 0 Å². The van der Waals surface area contributed by atoms with Crippen molar-refractivity contribution in [1.82, 2.24) is 10.3 Å². The average molecular weight is 222 g/mol. The van der Waals surface area contributed by atoms with Gasteiger partial charge in [-0.15, -0.1) is 0 Å². The van der Waals surface area contributed by atoms with Gasteiger partial charge in [0.15, 0.2) is 5.78 Å². The van der Waals surface area contributed by atoms with Crippen molar-refractivity contribution in [1.29, 1.82) is 0 Å². The third-order valence-electron chi connectivity index (χ3n) is 2.08. The molecular formula is C11H14N2O3. The molecule has 0 radical (unpaired) electrons. The topological polar surface area (TPSA) is 79.0 Å². The Morgan fingerprint density at radius 3 is 2.62 bits per heavy atom. The summed E-state index contributed by atoms with van der Waals surface area (Å²) in [6.07, 6.45) is 0. The summed E-state index contributed by atoms with van der Waals surface area (Å²) in [5.74, 6) is -0.617. The SMILES string of the molecule is CC(C)C(=O)CNC(=O)c1cccc(=O)[nH]1. The molecule has 0 unspecified atom stereocenters. The highest BCUT2D eigenvalue weighted by Gasteiger charge is 2.10. The largest absolute Gasteiger partial charge is 0.344 e. The van der Waals surface area contributed by atoms with Crippen LogP contribution in [0, 0.1) is 5.92 Å². The van der Waals surface area contributed by atoms with Crippen molar-refractivity contribution in [2.75, 3.05) is 6.54 Å². The van der Waals surface area contributed by atoms with Crippen LogP contribution in [0.2, 0.25) is 0 Å². The molecule has 0 saturated heterocycles. The maximum absolute atomic E-state index is 11.5. The zero-order valence-corrected chi connectivity index (χ0v) is 9.24. The summed E-state index contributed by atoms with van der Waals surface area (Å²) in [7, 11) is 0. The number of H-pyrrole nitrogens is 1. The Labute approximate surface area is 92.9 Å². The van der Waals surface area contributed by atoms with Gasteiger partial charge < -0.3 is 10.3 Å². The van der Waals surface area contributed by atoms with Crippen molar-refractivity contribution < 1.29 is 9.59 Å². The summed E-state index contributed by atoms with van der Waals surface area (Å²) in [5, 5.41) is 2.45. The fourth-order valence-corrected chi connectivity index (χ4v) is 1.05. The van der Waals surface area contributed by atoms with Gasteiger partial charge in [0.25, 0.3) is 5.91 Å². The van der Waals surface area contributed by atoms with Crippen LogP contribution in [-0.4, -0.2) is 23.2 Å². The molecular weight excluding hydrogens is 208 g/mol. The molecule has 1 amide bonds. The fraction of sp³-hybridized carbons (Fsp3) is 0.364.